The molecule has 3 aromatic rings. The molecule has 38 heavy (non-hydrogen) atoms. The molecule has 0 aliphatic carbocycles. The summed E-state index contributed by atoms with van der Waals surface area (Å²) in [5.41, 5.74) is 1.95. The molecule has 0 radical (unpaired) electrons. The number of nitrogens with zero attached hydrogens (tertiary/aromatic N) is 5. The molecule has 0 spiro atoms. The number of likely N-dealkylation sites (N-methyl/N-ethyl adjacent to an activating group) is 1. The van der Waals surface area contributed by atoms with E-state index in [-0.39, 0.29) is 30.6 Å². The Morgan fingerprint density at radius 1 is 1.16 bits per heavy atom. The summed E-state index contributed by atoms with van der Waals surface area (Å²) < 4.78 is 14.1. The largest absolute Gasteiger partial charge is 0.457 e. The maximum absolute atomic E-state index is 13.0. The monoisotopic (exact) mass is 521 g/mol. The second-order valence-corrected chi connectivity index (χ2v) is 10.2. The molecule has 9 nitrogen and oxygen atoms in total. The van der Waals surface area contributed by atoms with E-state index in [9.17, 15) is 9.90 Å². The van der Waals surface area contributed by atoms with Gasteiger partial charge in [-0.1, -0.05) is 42.5 Å². The van der Waals surface area contributed by atoms with Crippen LogP contribution in [0.15, 0.2) is 60.8 Å². The van der Waals surface area contributed by atoms with E-state index in [0.717, 1.165) is 23.7 Å². The lowest BCUT2D eigenvalue weighted by molar-refractivity contribution is -0.136. The first kappa shape index (κ1) is 27.8. The molecule has 0 saturated carbocycles. The van der Waals surface area contributed by atoms with Crippen LogP contribution in [-0.2, 0) is 29.2 Å². The Morgan fingerprint density at radius 3 is 2.63 bits per heavy atom. The van der Waals surface area contributed by atoms with Crippen molar-refractivity contribution in [1.29, 1.82) is 0 Å². The van der Waals surface area contributed by atoms with E-state index < -0.39 is 0 Å². The van der Waals surface area contributed by atoms with Crippen LogP contribution in [0.5, 0.6) is 11.5 Å². The molecule has 2 heterocycles. The van der Waals surface area contributed by atoms with Crippen LogP contribution in [0.2, 0.25) is 0 Å². The van der Waals surface area contributed by atoms with Crippen molar-refractivity contribution in [3.05, 3.63) is 72.1 Å². The van der Waals surface area contributed by atoms with Crippen LogP contribution in [0.25, 0.3) is 0 Å². The fraction of sp³-hybridized carbons (Fsp3) is 0.483. The molecule has 0 unspecified atom stereocenters. The standard InChI is InChI=1S/C29H39N5O4/c1-22-16-34(23(2)20-35)29(36)10-7-15-33-18-25(30-31-33)21-37-28(22)19-32(3)17-24-11-13-27(14-12-24)38-26-8-5-4-6-9-26/h4-6,8-9,11-14,18,22-23,28,35H,7,10,15-17,19-21H2,1-3H3/t22-,23-,28-/m0/s1. The Bertz CT molecular complexity index is 1140. The molecule has 2 aromatic carbocycles. The molecule has 0 saturated heterocycles. The van der Waals surface area contributed by atoms with Gasteiger partial charge in [-0.25, -0.2) is 0 Å². The molecule has 9 heteroatoms. The van der Waals surface area contributed by atoms with Gasteiger partial charge in [0.15, 0.2) is 0 Å². The normalized spacial score (nSPS) is 19.9. The first-order valence-corrected chi connectivity index (χ1v) is 13.3. The van der Waals surface area contributed by atoms with Crippen molar-refractivity contribution in [3.8, 4) is 11.5 Å². The summed E-state index contributed by atoms with van der Waals surface area (Å²) in [6.07, 6.45) is 2.82. The number of ether oxygens (including phenoxy) is 2. The molecule has 3 atom stereocenters. The van der Waals surface area contributed by atoms with E-state index in [1.54, 1.807) is 9.58 Å². The van der Waals surface area contributed by atoms with Crippen molar-refractivity contribution < 1.29 is 19.4 Å². The smallest absolute Gasteiger partial charge is 0.222 e. The number of aryl methyl sites for hydroxylation is 1. The van der Waals surface area contributed by atoms with Gasteiger partial charge in [-0.05, 0) is 50.2 Å². The van der Waals surface area contributed by atoms with Crippen molar-refractivity contribution in [3.63, 3.8) is 0 Å². The van der Waals surface area contributed by atoms with Gasteiger partial charge in [0.25, 0.3) is 0 Å². The maximum atomic E-state index is 13.0. The van der Waals surface area contributed by atoms with Crippen LogP contribution in [-0.4, -0.2) is 74.7 Å². The van der Waals surface area contributed by atoms with E-state index in [2.05, 4.69) is 41.3 Å². The highest BCUT2D eigenvalue weighted by Gasteiger charge is 2.28. The predicted molar refractivity (Wildman–Crippen MR) is 145 cm³/mol. The molecule has 2 bridgehead atoms. The Balaban J connectivity index is 1.42. The van der Waals surface area contributed by atoms with E-state index in [1.165, 1.54) is 5.56 Å². The minimum Gasteiger partial charge on any atom is -0.457 e. The van der Waals surface area contributed by atoms with Gasteiger partial charge in [-0.2, -0.15) is 0 Å². The predicted octanol–water partition coefficient (Wildman–Crippen LogP) is 3.73. The van der Waals surface area contributed by atoms with Crippen LogP contribution in [0.1, 0.15) is 37.9 Å². The molecular weight excluding hydrogens is 482 g/mol. The summed E-state index contributed by atoms with van der Waals surface area (Å²) >= 11 is 0. The second kappa shape index (κ2) is 13.5. The molecule has 4 rings (SSSR count). The van der Waals surface area contributed by atoms with Crippen LogP contribution < -0.4 is 4.74 Å². The van der Waals surface area contributed by atoms with Crippen molar-refractivity contribution in [1.82, 2.24) is 24.8 Å². The third kappa shape index (κ3) is 7.86. The number of carbonyl (C=O) groups is 1. The molecule has 1 amide bonds. The zero-order chi connectivity index (χ0) is 26.9. The number of aliphatic hydroxyl groups excluding tert-OH is 1. The first-order chi connectivity index (χ1) is 18.4. The Labute approximate surface area is 225 Å². The van der Waals surface area contributed by atoms with Gasteiger partial charge in [-0.3, -0.25) is 14.4 Å². The van der Waals surface area contributed by atoms with Crippen LogP contribution in [0.4, 0.5) is 0 Å². The van der Waals surface area contributed by atoms with Crippen LogP contribution >= 0.6 is 0 Å². The number of fused-ring (bicyclic) bond motifs is 2. The van der Waals surface area contributed by atoms with Crippen molar-refractivity contribution >= 4 is 5.91 Å². The summed E-state index contributed by atoms with van der Waals surface area (Å²) in [5.74, 6) is 1.70. The molecule has 1 aliphatic heterocycles. The number of aliphatic hydroxyl groups is 1. The summed E-state index contributed by atoms with van der Waals surface area (Å²) in [6.45, 7) is 6.84. The minimum atomic E-state index is -0.248. The van der Waals surface area contributed by atoms with Gasteiger partial charge in [0.1, 0.15) is 17.2 Å². The number of aromatic nitrogens is 3. The Kier molecular flexibility index (Phi) is 9.86. The topological polar surface area (TPSA) is 93.0 Å². The number of rotatable bonds is 8. The molecule has 204 valence electrons. The highest BCUT2D eigenvalue weighted by molar-refractivity contribution is 5.76. The van der Waals surface area contributed by atoms with E-state index in [0.29, 0.717) is 39.1 Å². The highest BCUT2D eigenvalue weighted by Crippen LogP contribution is 2.22. The average molecular weight is 522 g/mol. The van der Waals surface area contributed by atoms with Crippen molar-refractivity contribution in [2.45, 2.75) is 58.5 Å². The van der Waals surface area contributed by atoms with Gasteiger partial charge >= 0.3 is 0 Å². The lowest BCUT2D eigenvalue weighted by atomic mass is 10.0. The Morgan fingerprint density at radius 2 is 1.89 bits per heavy atom. The number of hydrogen-bond donors (Lipinski definition) is 1. The zero-order valence-electron chi connectivity index (χ0n) is 22.6. The second-order valence-electron chi connectivity index (χ2n) is 10.2. The lowest BCUT2D eigenvalue weighted by Gasteiger charge is -2.35. The first-order valence-electron chi connectivity index (χ1n) is 13.3. The van der Waals surface area contributed by atoms with Crippen molar-refractivity contribution in [2.24, 2.45) is 5.92 Å². The zero-order valence-corrected chi connectivity index (χ0v) is 22.6. The third-order valence-electron chi connectivity index (χ3n) is 6.89. The molecule has 1 N–H and O–H groups in total. The van der Waals surface area contributed by atoms with Gasteiger partial charge in [0.2, 0.25) is 5.91 Å². The Hall–Kier alpha value is -3.27. The quantitative estimate of drug-likeness (QED) is 0.483. The van der Waals surface area contributed by atoms with Gasteiger partial charge in [0, 0.05) is 38.5 Å². The molecule has 0 fully saturated rings. The van der Waals surface area contributed by atoms with Gasteiger partial charge in [0.05, 0.1) is 31.6 Å². The van der Waals surface area contributed by atoms with E-state index in [1.807, 2.05) is 55.6 Å². The minimum absolute atomic E-state index is 0.0444. The fourth-order valence-electron chi connectivity index (χ4n) is 4.66. The average Bonchev–Trinajstić information content (AvgIpc) is 3.38. The maximum Gasteiger partial charge on any atom is 0.222 e. The fourth-order valence-corrected chi connectivity index (χ4v) is 4.66. The van der Waals surface area contributed by atoms with E-state index >= 15 is 0 Å². The number of hydrogen-bond acceptors (Lipinski definition) is 7. The van der Waals surface area contributed by atoms with Crippen LogP contribution in [0.3, 0.4) is 0 Å². The van der Waals surface area contributed by atoms with Gasteiger partial charge in [-0.15, -0.1) is 5.10 Å². The van der Waals surface area contributed by atoms with Crippen LogP contribution in [0, 0.1) is 5.92 Å². The summed E-state index contributed by atoms with van der Waals surface area (Å²) in [5, 5.41) is 18.2. The molecular formula is C29H39N5O4. The lowest BCUT2D eigenvalue weighted by Crippen LogP contribution is -2.47. The van der Waals surface area contributed by atoms with E-state index in [4.69, 9.17) is 9.47 Å². The highest BCUT2D eigenvalue weighted by atomic mass is 16.5. The van der Waals surface area contributed by atoms with Crippen molar-refractivity contribution in [2.75, 3.05) is 26.7 Å². The number of amides is 1. The summed E-state index contributed by atoms with van der Waals surface area (Å²) in [4.78, 5) is 17.1. The molecule has 1 aliphatic rings. The third-order valence-corrected chi connectivity index (χ3v) is 6.89. The SMILES string of the molecule is C[C@H]1CN([C@@H](C)CO)C(=O)CCCn2cc(nn2)CO[C@H]1CN(C)Cc1ccc(Oc2ccccc2)cc1. The molecule has 1 aromatic heterocycles. The number of para-hydroxylation sites is 1. The van der Waals surface area contributed by atoms with Gasteiger partial charge < -0.3 is 19.5 Å². The summed E-state index contributed by atoms with van der Waals surface area (Å²) in [7, 11) is 2.07. The number of benzene rings is 2. The summed E-state index contributed by atoms with van der Waals surface area (Å²) in [6, 6.07) is 17.6. The number of carbonyl (C=O) groups excluding carboxylic acids is 1.